The van der Waals surface area contributed by atoms with Crippen LogP contribution in [0.5, 0.6) is 0 Å². The molecule has 1 aliphatic carbocycles. The number of nitrogen functional groups attached to an aromatic ring is 1. The van der Waals surface area contributed by atoms with E-state index in [4.69, 9.17) is 5.73 Å². The Morgan fingerprint density at radius 2 is 2.24 bits per heavy atom. The molecule has 0 spiro atoms. The van der Waals surface area contributed by atoms with Gasteiger partial charge in [0.05, 0.1) is 5.56 Å². The molecule has 17 heavy (non-hydrogen) atoms. The summed E-state index contributed by atoms with van der Waals surface area (Å²) >= 11 is 0. The van der Waals surface area contributed by atoms with Gasteiger partial charge in [0.15, 0.2) is 0 Å². The Morgan fingerprint density at radius 1 is 1.47 bits per heavy atom. The normalized spacial score (nSPS) is 14.6. The van der Waals surface area contributed by atoms with Crippen molar-refractivity contribution in [1.82, 2.24) is 5.32 Å². The maximum absolute atomic E-state index is 13.4. The molecule has 1 aliphatic rings. The second kappa shape index (κ2) is 5.17. The molecule has 1 saturated carbocycles. The molecule has 0 aromatic heterocycles. The lowest BCUT2D eigenvalue weighted by atomic mass is 10.1. The Kier molecular flexibility index (Phi) is 3.61. The van der Waals surface area contributed by atoms with E-state index in [-0.39, 0.29) is 11.5 Å². The molecule has 3 N–H and O–H groups in total. The second-order valence-corrected chi connectivity index (χ2v) is 4.58. The Hall–Kier alpha value is -1.58. The zero-order valence-electron chi connectivity index (χ0n) is 9.71. The molecule has 0 atom stereocenters. The van der Waals surface area contributed by atoms with E-state index in [1.807, 2.05) is 0 Å². The highest BCUT2D eigenvalue weighted by Crippen LogP contribution is 2.33. The van der Waals surface area contributed by atoms with Gasteiger partial charge < -0.3 is 11.1 Å². The fourth-order valence-corrected chi connectivity index (χ4v) is 1.81. The highest BCUT2D eigenvalue weighted by atomic mass is 19.1. The van der Waals surface area contributed by atoms with E-state index >= 15 is 0 Å². The smallest absolute Gasteiger partial charge is 0.254 e. The number of carbonyl (C=O) groups excluding carboxylic acids is 1. The number of benzene rings is 1. The Balaban J connectivity index is 1.82. The standard InChI is InChI=1S/C13H17FN2O/c14-12-6-5-10(15)8-11(12)13(17)16-7-1-2-9-3-4-9/h5-6,8-9H,1-4,7,15H2,(H,16,17). The summed E-state index contributed by atoms with van der Waals surface area (Å²) in [6.45, 7) is 0.601. The number of hydrogen-bond donors (Lipinski definition) is 2. The molecule has 4 heteroatoms. The van der Waals surface area contributed by atoms with Crippen LogP contribution in [0.4, 0.5) is 10.1 Å². The third-order valence-corrected chi connectivity index (χ3v) is 3.01. The number of hydrogen-bond acceptors (Lipinski definition) is 2. The molecule has 0 bridgehead atoms. The van der Waals surface area contributed by atoms with Crippen LogP contribution in [0, 0.1) is 11.7 Å². The fourth-order valence-electron chi connectivity index (χ4n) is 1.81. The van der Waals surface area contributed by atoms with Crippen LogP contribution in [-0.4, -0.2) is 12.5 Å². The first-order chi connectivity index (χ1) is 8.16. The molecule has 1 aromatic carbocycles. The highest BCUT2D eigenvalue weighted by molar-refractivity contribution is 5.95. The van der Waals surface area contributed by atoms with Gasteiger partial charge in [-0.25, -0.2) is 4.39 Å². The quantitative estimate of drug-likeness (QED) is 0.609. The third-order valence-electron chi connectivity index (χ3n) is 3.01. The summed E-state index contributed by atoms with van der Waals surface area (Å²) in [4.78, 5) is 11.7. The highest BCUT2D eigenvalue weighted by Gasteiger charge is 2.20. The fraction of sp³-hybridized carbons (Fsp3) is 0.462. The lowest BCUT2D eigenvalue weighted by Gasteiger charge is -2.06. The van der Waals surface area contributed by atoms with Crippen molar-refractivity contribution in [1.29, 1.82) is 0 Å². The average Bonchev–Trinajstić information content (AvgIpc) is 3.11. The first-order valence-electron chi connectivity index (χ1n) is 6.00. The van der Waals surface area contributed by atoms with Crippen molar-refractivity contribution in [3.05, 3.63) is 29.6 Å². The minimum absolute atomic E-state index is 0.0245. The van der Waals surface area contributed by atoms with E-state index in [0.29, 0.717) is 12.2 Å². The molecular weight excluding hydrogens is 219 g/mol. The van der Waals surface area contributed by atoms with E-state index in [1.165, 1.54) is 31.0 Å². The molecule has 3 nitrogen and oxygen atoms in total. The van der Waals surface area contributed by atoms with E-state index in [9.17, 15) is 9.18 Å². The zero-order valence-corrected chi connectivity index (χ0v) is 9.71. The van der Waals surface area contributed by atoms with Gasteiger partial charge >= 0.3 is 0 Å². The summed E-state index contributed by atoms with van der Waals surface area (Å²) in [6, 6.07) is 4.03. The summed E-state index contributed by atoms with van der Waals surface area (Å²) in [5.41, 5.74) is 5.94. The minimum atomic E-state index is -0.529. The largest absolute Gasteiger partial charge is 0.399 e. The molecule has 2 rings (SSSR count). The molecule has 92 valence electrons. The van der Waals surface area contributed by atoms with Crippen molar-refractivity contribution in [2.75, 3.05) is 12.3 Å². The predicted octanol–water partition coefficient (Wildman–Crippen LogP) is 2.33. The van der Waals surface area contributed by atoms with E-state index in [1.54, 1.807) is 0 Å². The maximum atomic E-state index is 13.4. The molecule has 0 heterocycles. The van der Waals surface area contributed by atoms with Crippen LogP contribution in [0.15, 0.2) is 18.2 Å². The van der Waals surface area contributed by atoms with Gasteiger partial charge in [0.2, 0.25) is 0 Å². The summed E-state index contributed by atoms with van der Waals surface area (Å²) in [6.07, 6.45) is 4.75. The lowest BCUT2D eigenvalue weighted by molar-refractivity contribution is 0.0949. The minimum Gasteiger partial charge on any atom is -0.399 e. The van der Waals surface area contributed by atoms with Crippen molar-refractivity contribution >= 4 is 11.6 Å². The topological polar surface area (TPSA) is 55.1 Å². The van der Waals surface area contributed by atoms with Crippen LogP contribution < -0.4 is 11.1 Å². The van der Waals surface area contributed by atoms with E-state index in [2.05, 4.69) is 5.32 Å². The van der Waals surface area contributed by atoms with Gasteiger partial charge in [-0.15, -0.1) is 0 Å². The van der Waals surface area contributed by atoms with Crippen molar-refractivity contribution < 1.29 is 9.18 Å². The molecule has 0 aliphatic heterocycles. The van der Waals surface area contributed by atoms with Crippen LogP contribution in [-0.2, 0) is 0 Å². The molecule has 1 aromatic rings. The molecule has 1 amide bonds. The van der Waals surface area contributed by atoms with Gasteiger partial charge in [0.1, 0.15) is 5.82 Å². The van der Waals surface area contributed by atoms with E-state index in [0.717, 1.165) is 18.8 Å². The number of nitrogens with one attached hydrogen (secondary N) is 1. The van der Waals surface area contributed by atoms with Gasteiger partial charge in [-0.1, -0.05) is 12.8 Å². The first kappa shape index (κ1) is 11.9. The number of rotatable bonds is 5. The second-order valence-electron chi connectivity index (χ2n) is 4.58. The molecular formula is C13H17FN2O. The monoisotopic (exact) mass is 236 g/mol. The Morgan fingerprint density at radius 3 is 2.94 bits per heavy atom. The van der Waals surface area contributed by atoms with Gasteiger partial charge in [-0.05, 0) is 37.0 Å². The number of anilines is 1. The van der Waals surface area contributed by atoms with Crippen LogP contribution in [0.3, 0.4) is 0 Å². The maximum Gasteiger partial charge on any atom is 0.254 e. The number of carbonyl (C=O) groups is 1. The SMILES string of the molecule is Nc1ccc(F)c(C(=O)NCCCC2CC2)c1. The Labute approximate surface area is 100 Å². The van der Waals surface area contributed by atoms with Crippen molar-refractivity contribution in [3.8, 4) is 0 Å². The van der Waals surface area contributed by atoms with Gasteiger partial charge in [-0.2, -0.15) is 0 Å². The molecule has 0 saturated heterocycles. The van der Waals surface area contributed by atoms with Crippen molar-refractivity contribution in [3.63, 3.8) is 0 Å². The first-order valence-corrected chi connectivity index (χ1v) is 6.00. The lowest BCUT2D eigenvalue weighted by Crippen LogP contribution is -2.25. The van der Waals surface area contributed by atoms with Crippen LogP contribution in [0.1, 0.15) is 36.0 Å². The molecule has 0 unspecified atom stereocenters. The number of nitrogens with two attached hydrogens (primary N) is 1. The van der Waals surface area contributed by atoms with Gasteiger partial charge in [-0.3, -0.25) is 4.79 Å². The molecule has 0 radical (unpaired) electrons. The van der Waals surface area contributed by atoms with Gasteiger partial charge in [0.25, 0.3) is 5.91 Å². The summed E-state index contributed by atoms with van der Waals surface area (Å²) in [5.74, 6) is -0.0551. The van der Waals surface area contributed by atoms with Gasteiger partial charge in [0, 0.05) is 12.2 Å². The van der Waals surface area contributed by atoms with Crippen LogP contribution in [0.2, 0.25) is 0 Å². The van der Waals surface area contributed by atoms with E-state index < -0.39 is 5.82 Å². The third kappa shape index (κ3) is 3.44. The summed E-state index contributed by atoms with van der Waals surface area (Å²) in [5, 5.41) is 2.72. The zero-order chi connectivity index (χ0) is 12.3. The average molecular weight is 236 g/mol. The summed E-state index contributed by atoms with van der Waals surface area (Å²) in [7, 11) is 0. The van der Waals surface area contributed by atoms with Crippen LogP contribution >= 0.6 is 0 Å². The van der Waals surface area contributed by atoms with Crippen LogP contribution in [0.25, 0.3) is 0 Å². The number of amides is 1. The predicted molar refractivity (Wildman–Crippen MR) is 65.1 cm³/mol. The van der Waals surface area contributed by atoms with Crippen molar-refractivity contribution in [2.45, 2.75) is 25.7 Å². The summed E-state index contributed by atoms with van der Waals surface area (Å²) < 4.78 is 13.4. The Bertz CT molecular complexity index is 416. The molecule has 1 fully saturated rings. The van der Waals surface area contributed by atoms with Crippen molar-refractivity contribution in [2.24, 2.45) is 5.92 Å². The number of halogens is 1.